The second-order valence-electron chi connectivity index (χ2n) is 5.44. The minimum absolute atomic E-state index is 0.228. The molecule has 0 spiro atoms. The fourth-order valence-corrected chi connectivity index (χ4v) is 2.33. The van der Waals surface area contributed by atoms with Crippen LogP contribution in [0, 0.1) is 0 Å². The molecule has 0 aliphatic rings. The molecular weight excluding hydrogens is 264 g/mol. The summed E-state index contributed by atoms with van der Waals surface area (Å²) in [5, 5.41) is 11.0. The van der Waals surface area contributed by atoms with Crippen LogP contribution in [-0.2, 0) is 6.54 Å². The summed E-state index contributed by atoms with van der Waals surface area (Å²) in [5.74, 6) is 2.16. The van der Waals surface area contributed by atoms with Crippen molar-refractivity contribution in [3.8, 4) is 0 Å². The number of nitrogens with one attached hydrogen (secondary N) is 2. The van der Waals surface area contributed by atoms with Crippen molar-refractivity contribution in [1.29, 1.82) is 0 Å². The number of hydrogen-bond acceptors (Lipinski definition) is 5. The molecule has 0 saturated heterocycles. The summed E-state index contributed by atoms with van der Waals surface area (Å²) in [7, 11) is 0. The molecule has 2 aromatic rings. The Hall–Kier alpha value is -2.11. The lowest BCUT2D eigenvalue weighted by Gasteiger charge is -2.20. The topological polar surface area (TPSA) is 67.7 Å². The van der Waals surface area contributed by atoms with E-state index in [-0.39, 0.29) is 6.04 Å². The first-order valence-electron chi connectivity index (χ1n) is 7.44. The largest absolute Gasteiger partial charge is 0.370 e. The predicted molar refractivity (Wildman–Crippen MR) is 85.6 cm³/mol. The average molecular weight is 288 g/mol. The van der Waals surface area contributed by atoms with Gasteiger partial charge >= 0.3 is 0 Å². The Kier molecular flexibility index (Phi) is 5.14. The minimum atomic E-state index is 0.228. The molecule has 114 valence electrons. The maximum atomic E-state index is 4.42. The van der Waals surface area contributed by atoms with Crippen LogP contribution in [0.2, 0.25) is 0 Å². The number of hydrogen-bond donors (Lipinski definition) is 2. The quantitative estimate of drug-likeness (QED) is 0.820. The van der Waals surface area contributed by atoms with Gasteiger partial charge in [-0.3, -0.25) is 4.68 Å². The first-order valence-corrected chi connectivity index (χ1v) is 7.44. The van der Waals surface area contributed by atoms with E-state index in [9.17, 15) is 0 Å². The predicted octanol–water partition coefficient (Wildman–Crippen LogP) is 2.73. The molecule has 21 heavy (non-hydrogen) atoms. The third-order valence-electron chi connectivity index (χ3n) is 3.21. The van der Waals surface area contributed by atoms with E-state index in [1.165, 1.54) is 0 Å². The van der Waals surface area contributed by atoms with Gasteiger partial charge in [-0.1, -0.05) is 13.8 Å². The molecule has 2 heterocycles. The highest BCUT2D eigenvalue weighted by Crippen LogP contribution is 2.28. The second kappa shape index (κ2) is 7.06. The van der Waals surface area contributed by atoms with E-state index in [0.29, 0.717) is 5.92 Å². The molecule has 1 atom stereocenters. The van der Waals surface area contributed by atoms with E-state index >= 15 is 0 Å². The third-order valence-corrected chi connectivity index (χ3v) is 3.21. The van der Waals surface area contributed by atoms with Gasteiger partial charge in [-0.15, -0.1) is 0 Å². The smallest absolute Gasteiger partial charge is 0.135 e. The van der Waals surface area contributed by atoms with Crippen molar-refractivity contribution in [2.24, 2.45) is 0 Å². The summed E-state index contributed by atoms with van der Waals surface area (Å²) >= 11 is 0. The molecule has 0 aliphatic carbocycles. The summed E-state index contributed by atoms with van der Waals surface area (Å²) in [6, 6.07) is 2.16. The van der Waals surface area contributed by atoms with E-state index in [4.69, 9.17) is 0 Å². The van der Waals surface area contributed by atoms with Gasteiger partial charge in [0.05, 0.1) is 6.54 Å². The normalized spacial score (nSPS) is 12.4. The van der Waals surface area contributed by atoms with E-state index in [0.717, 1.165) is 30.3 Å². The number of rotatable bonds is 7. The average Bonchev–Trinajstić information content (AvgIpc) is 2.91. The standard InChI is InChI=1S/C15H24N6/c1-5-16-14-13(11(2)3)15(18-10-17-14)20-12(4)9-21-8-6-7-19-21/h6-8,10-12H,5,9H2,1-4H3,(H2,16,17,18,20). The third kappa shape index (κ3) is 3.93. The van der Waals surface area contributed by atoms with Crippen molar-refractivity contribution in [2.75, 3.05) is 17.2 Å². The van der Waals surface area contributed by atoms with Gasteiger partial charge in [0.2, 0.25) is 0 Å². The van der Waals surface area contributed by atoms with E-state index < -0.39 is 0 Å². The molecule has 1 unspecified atom stereocenters. The van der Waals surface area contributed by atoms with Gasteiger partial charge in [0.1, 0.15) is 18.0 Å². The Morgan fingerprint density at radius 1 is 1.19 bits per heavy atom. The monoisotopic (exact) mass is 288 g/mol. The molecule has 0 saturated carbocycles. The number of aromatic nitrogens is 4. The summed E-state index contributed by atoms with van der Waals surface area (Å²) in [5.41, 5.74) is 1.13. The molecule has 2 aromatic heterocycles. The van der Waals surface area contributed by atoms with E-state index in [2.05, 4.69) is 53.4 Å². The lowest BCUT2D eigenvalue weighted by Crippen LogP contribution is -2.24. The first-order chi connectivity index (χ1) is 10.1. The van der Waals surface area contributed by atoms with Crippen molar-refractivity contribution in [3.63, 3.8) is 0 Å². The van der Waals surface area contributed by atoms with Gasteiger partial charge < -0.3 is 10.6 Å². The van der Waals surface area contributed by atoms with Crippen molar-refractivity contribution in [2.45, 2.75) is 46.2 Å². The van der Waals surface area contributed by atoms with Gasteiger partial charge in [0.25, 0.3) is 0 Å². The molecule has 2 rings (SSSR count). The maximum absolute atomic E-state index is 4.42. The summed E-state index contributed by atoms with van der Waals surface area (Å²) in [4.78, 5) is 8.77. The van der Waals surface area contributed by atoms with Crippen LogP contribution in [0.5, 0.6) is 0 Å². The number of anilines is 2. The van der Waals surface area contributed by atoms with Gasteiger partial charge in [-0.05, 0) is 25.8 Å². The van der Waals surface area contributed by atoms with E-state index in [1.807, 2.05) is 16.9 Å². The molecule has 6 nitrogen and oxygen atoms in total. The Bertz CT molecular complexity index is 549. The van der Waals surface area contributed by atoms with Crippen LogP contribution in [0.15, 0.2) is 24.8 Å². The zero-order valence-electron chi connectivity index (χ0n) is 13.2. The lowest BCUT2D eigenvalue weighted by molar-refractivity contribution is 0.559. The Morgan fingerprint density at radius 3 is 2.57 bits per heavy atom. The Labute approximate surface area is 126 Å². The zero-order chi connectivity index (χ0) is 15.2. The summed E-state index contributed by atoms with van der Waals surface area (Å²) < 4.78 is 1.92. The van der Waals surface area contributed by atoms with Crippen molar-refractivity contribution in [1.82, 2.24) is 19.7 Å². The number of nitrogens with zero attached hydrogens (tertiary/aromatic N) is 4. The highest BCUT2D eigenvalue weighted by atomic mass is 15.3. The Morgan fingerprint density at radius 2 is 1.95 bits per heavy atom. The van der Waals surface area contributed by atoms with Crippen LogP contribution < -0.4 is 10.6 Å². The van der Waals surface area contributed by atoms with Crippen molar-refractivity contribution < 1.29 is 0 Å². The summed E-state index contributed by atoms with van der Waals surface area (Å²) in [6.07, 6.45) is 5.36. The molecular formula is C15H24N6. The van der Waals surface area contributed by atoms with Crippen LogP contribution in [-0.4, -0.2) is 32.3 Å². The van der Waals surface area contributed by atoms with Gasteiger partial charge in [0, 0.05) is 30.5 Å². The van der Waals surface area contributed by atoms with Gasteiger partial charge in [-0.2, -0.15) is 5.10 Å². The van der Waals surface area contributed by atoms with Crippen LogP contribution in [0.1, 0.15) is 39.2 Å². The van der Waals surface area contributed by atoms with Crippen LogP contribution in [0.3, 0.4) is 0 Å². The molecule has 0 fully saturated rings. The molecule has 2 N–H and O–H groups in total. The fraction of sp³-hybridized carbons (Fsp3) is 0.533. The van der Waals surface area contributed by atoms with Gasteiger partial charge in [0.15, 0.2) is 0 Å². The highest BCUT2D eigenvalue weighted by molar-refractivity contribution is 5.59. The van der Waals surface area contributed by atoms with Crippen LogP contribution in [0.25, 0.3) is 0 Å². The van der Waals surface area contributed by atoms with Crippen molar-refractivity contribution in [3.05, 3.63) is 30.4 Å². The second-order valence-corrected chi connectivity index (χ2v) is 5.44. The minimum Gasteiger partial charge on any atom is -0.370 e. The van der Waals surface area contributed by atoms with E-state index in [1.54, 1.807) is 12.5 Å². The highest BCUT2D eigenvalue weighted by Gasteiger charge is 2.16. The fourth-order valence-electron chi connectivity index (χ4n) is 2.33. The Balaban J connectivity index is 2.16. The molecule has 0 aromatic carbocycles. The van der Waals surface area contributed by atoms with Crippen molar-refractivity contribution >= 4 is 11.6 Å². The zero-order valence-corrected chi connectivity index (χ0v) is 13.2. The van der Waals surface area contributed by atoms with Crippen LogP contribution in [0.4, 0.5) is 11.6 Å². The first kappa shape index (κ1) is 15.3. The summed E-state index contributed by atoms with van der Waals surface area (Å²) in [6.45, 7) is 10.1. The SMILES string of the molecule is CCNc1ncnc(NC(C)Cn2cccn2)c1C(C)C. The lowest BCUT2D eigenvalue weighted by atomic mass is 10.0. The van der Waals surface area contributed by atoms with Crippen LogP contribution >= 0.6 is 0 Å². The molecule has 6 heteroatoms. The molecule has 0 amide bonds. The molecule has 0 radical (unpaired) electrons. The van der Waals surface area contributed by atoms with Gasteiger partial charge in [-0.25, -0.2) is 9.97 Å². The molecule has 0 bridgehead atoms. The molecule has 0 aliphatic heterocycles. The maximum Gasteiger partial charge on any atom is 0.135 e.